The quantitative estimate of drug-likeness (QED) is 0.772. The van der Waals surface area contributed by atoms with E-state index in [0.29, 0.717) is 5.13 Å². The van der Waals surface area contributed by atoms with Gasteiger partial charge in [-0.25, -0.2) is 9.88 Å². The SMILES string of the molecule is CC1(C)CC(=O)N(c2nc3c(s2)CNCC3)C1=O. The van der Waals surface area contributed by atoms with E-state index in [1.54, 1.807) is 0 Å². The molecule has 0 bridgehead atoms. The summed E-state index contributed by atoms with van der Waals surface area (Å²) in [6, 6.07) is 0. The van der Waals surface area contributed by atoms with Gasteiger partial charge in [0.05, 0.1) is 11.1 Å². The summed E-state index contributed by atoms with van der Waals surface area (Å²) in [4.78, 5) is 31.0. The van der Waals surface area contributed by atoms with Crippen molar-refractivity contribution < 1.29 is 9.59 Å². The Hall–Kier alpha value is -1.27. The summed E-state index contributed by atoms with van der Waals surface area (Å²) in [7, 11) is 0. The molecule has 96 valence electrons. The second-order valence-corrected chi connectivity index (χ2v) is 6.45. The number of imide groups is 1. The number of thiazole rings is 1. The summed E-state index contributed by atoms with van der Waals surface area (Å²) in [5.41, 5.74) is 0.431. The molecule has 1 aromatic rings. The maximum absolute atomic E-state index is 12.2. The number of hydrogen-bond acceptors (Lipinski definition) is 5. The molecule has 0 atom stereocenters. The van der Waals surface area contributed by atoms with Crippen molar-refractivity contribution in [1.29, 1.82) is 0 Å². The lowest BCUT2D eigenvalue weighted by Crippen LogP contribution is -2.32. The molecule has 1 N–H and O–H groups in total. The number of nitrogens with zero attached hydrogens (tertiary/aromatic N) is 2. The minimum Gasteiger partial charge on any atom is -0.311 e. The van der Waals surface area contributed by atoms with Crippen LogP contribution in [0.1, 0.15) is 30.8 Å². The van der Waals surface area contributed by atoms with Crippen LogP contribution < -0.4 is 10.2 Å². The molecule has 0 saturated carbocycles. The van der Waals surface area contributed by atoms with Gasteiger partial charge in [-0.15, -0.1) is 0 Å². The fourth-order valence-corrected chi connectivity index (χ4v) is 3.44. The Balaban J connectivity index is 1.98. The van der Waals surface area contributed by atoms with Gasteiger partial charge in [0.25, 0.3) is 0 Å². The van der Waals surface area contributed by atoms with Gasteiger partial charge in [-0.2, -0.15) is 0 Å². The van der Waals surface area contributed by atoms with Crippen LogP contribution in [0, 0.1) is 5.41 Å². The van der Waals surface area contributed by atoms with Crippen molar-refractivity contribution in [2.75, 3.05) is 11.4 Å². The Morgan fingerprint density at radius 3 is 2.78 bits per heavy atom. The highest BCUT2D eigenvalue weighted by Crippen LogP contribution is 2.38. The van der Waals surface area contributed by atoms with Crippen molar-refractivity contribution in [3.05, 3.63) is 10.6 Å². The Labute approximate surface area is 109 Å². The van der Waals surface area contributed by atoms with Gasteiger partial charge < -0.3 is 5.32 Å². The molecule has 3 heterocycles. The van der Waals surface area contributed by atoms with E-state index in [0.717, 1.165) is 30.1 Å². The van der Waals surface area contributed by atoms with E-state index in [2.05, 4.69) is 10.3 Å². The van der Waals surface area contributed by atoms with E-state index < -0.39 is 5.41 Å². The molecular weight excluding hydrogens is 250 g/mol. The molecule has 2 aliphatic heterocycles. The molecule has 5 nitrogen and oxygen atoms in total. The number of carbonyl (C=O) groups is 2. The van der Waals surface area contributed by atoms with Crippen LogP contribution in [0.4, 0.5) is 5.13 Å². The van der Waals surface area contributed by atoms with Crippen LogP contribution in [0.2, 0.25) is 0 Å². The van der Waals surface area contributed by atoms with Crippen LogP contribution in [0.3, 0.4) is 0 Å². The van der Waals surface area contributed by atoms with Crippen LogP contribution in [-0.4, -0.2) is 23.3 Å². The molecule has 0 unspecified atom stereocenters. The van der Waals surface area contributed by atoms with Crippen molar-refractivity contribution in [3.63, 3.8) is 0 Å². The van der Waals surface area contributed by atoms with Crippen LogP contribution in [0.5, 0.6) is 0 Å². The highest BCUT2D eigenvalue weighted by atomic mass is 32.1. The lowest BCUT2D eigenvalue weighted by Gasteiger charge is -2.14. The number of rotatable bonds is 1. The molecule has 1 fully saturated rings. The number of fused-ring (bicyclic) bond motifs is 1. The zero-order valence-electron chi connectivity index (χ0n) is 10.4. The summed E-state index contributed by atoms with van der Waals surface area (Å²) in [6.45, 7) is 5.31. The average molecular weight is 265 g/mol. The largest absolute Gasteiger partial charge is 0.311 e. The van der Waals surface area contributed by atoms with Gasteiger partial charge in [-0.1, -0.05) is 25.2 Å². The fourth-order valence-electron chi connectivity index (χ4n) is 2.35. The molecular formula is C12H15N3O2S. The van der Waals surface area contributed by atoms with Crippen molar-refractivity contribution in [1.82, 2.24) is 10.3 Å². The number of hydrogen-bond donors (Lipinski definition) is 1. The summed E-state index contributed by atoms with van der Waals surface area (Å²) in [6.07, 6.45) is 1.14. The van der Waals surface area contributed by atoms with Crippen molar-refractivity contribution in [3.8, 4) is 0 Å². The average Bonchev–Trinajstić information content (AvgIpc) is 2.78. The number of anilines is 1. The van der Waals surface area contributed by atoms with Gasteiger partial charge in [0.1, 0.15) is 0 Å². The van der Waals surface area contributed by atoms with Crippen LogP contribution >= 0.6 is 11.3 Å². The predicted octanol–water partition coefficient (Wildman–Crippen LogP) is 1.08. The van der Waals surface area contributed by atoms with E-state index in [4.69, 9.17) is 0 Å². The molecule has 3 rings (SSSR count). The van der Waals surface area contributed by atoms with E-state index in [-0.39, 0.29) is 18.2 Å². The molecule has 0 radical (unpaired) electrons. The lowest BCUT2D eigenvalue weighted by atomic mass is 9.92. The monoisotopic (exact) mass is 265 g/mol. The van der Waals surface area contributed by atoms with Crippen LogP contribution in [0.25, 0.3) is 0 Å². The molecule has 2 aliphatic rings. The normalized spacial score (nSPS) is 22.4. The van der Waals surface area contributed by atoms with Crippen molar-refractivity contribution in [2.45, 2.75) is 33.2 Å². The maximum atomic E-state index is 12.2. The Bertz CT molecular complexity index is 512. The second kappa shape index (κ2) is 3.86. The first-order valence-electron chi connectivity index (χ1n) is 6.06. The summed E-state index contributed by atoms with van der Waals surface area (Å²) in [5.74, 6) is -0.268. The minimum atomic E-state index is -0.596. The molecule has 18 heavy (non-hydrogen) atoms. The van der Waals surface area contributed by atoms with E-state index >= 15 is 0 Å². The molecule has 0 aliphatic carbocycles. The van der Waals surface area contributed by atoms with Gasteiger partial charge in [0.15, 0.2) is 5.13 Å². The van der Waals surface area contributed by atoms with Crippen LogP contribution in [0.15, 0.2) is 0 Å². The molecule has 1 saturated heterocycles. The van der Waals surface area contributed by atoms with Gasteiger partial charge >= 0.3 is 0 Å². The smallest absolute Gasteiger partial charge is 0.241 e. The summed E-state index contributed by atoms with van der Waals surface area (Å²) < 4.78 is 0. The van der Waals surface area contributed by atoms with Gasteiger partial charge in [-0.3, -0.25) is 9.59 Å². The summed E-state index contributed by atoms with van der Waals surface area (Å²) in [5, 5.41) is 3.81. The topological polar surface area (TPSA) is 62.3 Å². The molecule has 1 aromatic heterocycles. The minimum absolute atomic E-state index is 0.133. The van der Waals surface area contributed by atoms with E-state index in [1.165, 1.54) is 16.2 Å². The van der Waals surface area contributed by atoms with Gasteiger partial charge in [0, 0.05) is 30.8 Å². The van der Waals surface area contributed by atoms with E-state index in [1.807, 2.05) is 13.8 Å². The zero-order valence-corrected chi connectivity index (χ0v) is 11.3. The number of nitrogens with one attached hydrogen (secondary N) is 1. The zero-order chi connectivity index (χ0) is 12.9. The standard InChI is InChI=1S/C12H15N3O2S/c1-12(2)5-9(16)15(10(12)17)11-14-7-3-4-13-6-8(7)18-11/h13H,3-6H2,1-2H3. The first-order valence-corrected chi connectivity index (χ1v) is 6.87. The third-order valence-corrected chi connectivity index (χ3v) is 4.49. The molecule has 0 aromatic carbocycles. The Morgan fingerprint density at radius 2 is 2.17 bits per heavy atom. The predicted molar refractivity (Wildman–Crippen MR) is 68.4 cm³/mol. The molecule has 0 spiro atoms. The van der Waals surface area contributed by atoms with E-state index in [9.17, 15) is 9.59 Å². The lowest BCUT2D eigenvalue weighted by molar-refractivity contribution is -0.124. The number of aromatic nitrogens is 1. The van der Waals surface area contributed by atoms with Gasteiger partial charge in [0.2, 0.25) is 11.8 Å². The Morgan fingerprint density at radius 1 is 1.39 bits per heavy atom. The maximum Gasteiger partial charge on any atom is 0.241 e. The molecule has 6 heteroatoms. The van der Waals surface area contributed by atoms with Crippen molar-refractivity contribution >= 4 is 28.3 Å². The highest BCUT2D eigenvalue weighted by Gasteiger charge is 2.46. The summed E-state index contributed by atoms with van der Waals surface area (Å²) >= 11 is 1.45. The number of carbonyl (C=O) groups excluding carboxylic acids is 2. The first kappa shape index (κ1) is 11.8. The Kier molecular flexibility index (Phi) is 2.53. The highest BCUT2D eigenvalue weighted by molar-refractivity contribution is 7.16. The third-order valence-electron chi connectivity index (χ3n) is 3.41. The fraction of sp³-hybridized carbons (Fsp3) is 0.583. The third kappa shape index (κ3) is 1.67. The first-order chi connectivity index (χ1) is 8.49. The van der Waals surface area contributed by atoms with Crippen LogP contribution in [-0.2, 0) is 22.6 Å². The second-order valence-electron chi connectivity index (χ2n) is 5.39. The molecule has 2 amide bonds. The van der Waals surface area contributed by atoms with Crippen molar-refractivity contribution in [2.24, 2.45) is 5.41 Å². The van der Waals surface area contributed by atoms with Gasteiger partial charge in [-0.05, 0) is 0 Å². The number of amides is 2.